The number of nitrogens with zero attached hydrogens (tertiary/aromatic N) is 5. The van der Waals surface area contributed by atoms with Gasteiger partial charge in [-0.15, -0.1) is 16.7 Å². The number of aromatic nitrogens is 5. The van der Waals surface area contributed by atoms with Crippen LogP contribution in [0.3, 0.4) is 0 Å². The maximum Gasteiger partial charge on any atom is 0.137 e. The molecule has 0 atom stereocenters. The molecule has 18 heavy (non-hydrogen) atoms. The molecule has 0 fully saturated rings. The highest BCUT2D eigenvalue weighted by molar-refractivity contribution is 6.16. The summed E-state index contributed by atoms with van der Waals surface area (Å²) in [5.41, 5.74) is 3.87. The summed E-state index contributed by atoms with van der Waals surface area (Å²) in [6, 6.07) is 4.05. The Morgan fingerprint density at radius 2 is 2.06 bits per heavy atom. The molecule has 0 spiro atoms. The van der Waals surface area contributed by atoms with Gasteiger partial charge in [-0.3, -0.25) is 0 Å². The largest absolute Gasteiger partial charge is 0.306 e. The topological polar surface area (TPSA) is 48.0 Å². The number of fused-ring (bicyclic) bond motifs is 1. The number of halogens is 1. The summed E-state index contributed by atoms with van der Waals surface area (Å²) in [4.78, 5) is 4.53. The van der Waals surface area contributed by atoms with E-state index < -0.39 is 0 Å². The number of imidazole rings is 1. The molecular weight excluding hydrogens is 250 g/mol. The number of hydrogen-bond donors (Lipinski definition) is 0. The Morgan fingerprint density at radius 3 is 2.83 bits per heavy atom. The summed E-state index contributed by atoms with van der Waals surface area (Å²) in [6.07, 6.45) is 5.89. The van der Waals surface area contributed by atoms with Crippen molar-refractivity contribution in [3.63, 3.8) is 0 Å². The lowest BCUT2D eigenvalue weighted by Gasteiger charge is -1.94. The van der Waals surface area contributed by atoms with E-state index in [0.717, 1.165) is 17.0 Å². The quantitative estimate of drug-likeness (QED) is 0.678. The molecule has 5 nitrogen and oxygen atoms in total. The van der Waals surface area contributed by atoms with Crippen LogP contribution in [0, 0.1) is 6.92 Å². The van der Waals surface area contributed by atoms with Crippen LogP contribution in [0.2, 0.25) is 0 Å². The van der Waals surface area contributed by atoms with Crippen molar-refractivity contribution < 1.29 is 0 Å². The molecule has 92 valence electrons. The van der Waals surface area contributed by atoms with Crippen molar-refractivity contribution in [2.75, 3.05) is 0 Å². The summed E-state index contributed by atoms with van der Waals surface area (Å²) in [5.74, 6) is 0.379. The van der Waals surface area contributed by atoms with Gasteiger partial charge in [0.15, 0.2) is 0 Å². The van der Waals surface area contributed by atoms with Crippen molar-refractivity contribution in [1.82, 2.24) is 24.4 Å². The highest BCUT2D eigenvalue weighted by Gasteiger charge is 2.04. The third kappa shape index (κ3) is 2.09. The van der Waals surface area contributed by atoms with Crippen LogP contribution in [-0.2, 0) is 12.4 Å². The molecule has 0 aliphatic rings. The zero-order valence-corrected chi connectivity index (χ0v) is 10.7. The number of aryl methyl sites for hydroxylation is 1. The van der Waals surface area contributed by atoms with E-state index in [-0.39, 0.29) is 0 Å². The lowest BCUT2D eigenvalue weighted by atomic mass is 10.3. The lowest BCUT2D eigenvalue weighted by Crippen LogP contribution is -2.00. The van der Waals surface area contributed by atoms with Crippen LogP contribution in [0.15, 0.2) is 30.7 Å². The molecule has 3 aromatic rings. The monoisotopic (exact) mass is 261 g/mol. The van der Waals surface area contributed by atoms with Gasteiger partial charge in [-0.1, -0.05) is 11.3 Å². The van der Waals surface area contributed by atoms with E-state index in [9.17, 15) is 0 Å². The van der Waals surface area contributed by atoms with Crippen LogP contribution in [0.25, 0.3) is 5.65 Å². The fourth-order valence-electron chi connectivity index (χ4n) is 1.87. The summed E-state index contributed by atoms with van der Waals surface area (Å²) in [5, 5.41) is 7.95. The molecule has 3 rings (SSSR count). The minimum absolute atomic E-state index is 0.379. The Morgan fingerprint density at radius 1 is 1.17 bits per heavy atom. The number of hydrogen-bond acceptors (Lipinski definition) is 3. The lowest BCUT2D eigenvalue weighted by molar-refractivity contribution is 0.641. The van der Waals surface area contributed by atoms with E-state index in [1.165, 1.54) is 5.56 Å². The third-order valence-electron chi connectivity index (χ3n) is 2.70. The molecule has 3 heterocycles. The molecule has 3 aromatic heterocycles. The van der Waals surface area contributed by atoms with Crippen molar-refractivity contribution >= 4 is 17.2 Å². The highest BCUT2D eigenvalue weighted by Crippen LogP contribution is 2.08. The van der Waals surface area contributed by atoms with E-state index in [2.05, 4.69) is 28.4 Å². The zero-order valence-electron chi connectivity index (χ0n) is 9.91. The molecule has 0 radical (unpaired) electrons. The molecule has 0 amide bonds. The molecule has 0 saturated carbocycles. The standard InChI is InChI=1S/C12H12ClN5/c1-9-2-3-12-14-11(6-17(12)5-9)8-18-7-10(4-13)15-16-18/h2-3,5-7H,4,8H2,1H3. The van der Waals surface area contributed by atoms with Gasteiger partial charge in [-0.05, 0) is 18.6 Å². The highest BCUT2D eigenvalue weighted by atomic mass is 35.5. The van der Waals surface area contributed by atoms with Gasteiger partial charge in [-0.25, -0.2) is 9.67 Å². The van der Waals surface area contributed by atoms with Crippen LogP contribution < -0.4 is 0 Å². The van der Waals surface area contributed by atoms with Gasteiger partial charge in [0, 0.05) is 12.4 Å². The fraction of sp³-hybridized carbons (Fsp3) is 0.250. The van der Waals surface area contributed by atoms with Crippen molar-refractivity contribution in [2.45, 2.75) is 19.3 Å². The molecular formula is C12H12ClN5. The van der Waals surface area contributed by atoms with Crippen LogP contribution in [0.4, 0.5) is 0 Å². The Labute approximate surface area is 109 Å². The first kappa shape index (κ1) is 11.2. The molecule has 0 saturated heterocycles. The van der Waals surface area contributed by atoms with Gasteiger partial charge in [-0.2, -0.15) is 0 Å². The first-order chi connectivity index (χ1) is 8.74. The Kier molecular flexibility index (Phi) is 2.76. The number of pyridine rings is 1. The van der Waals surface area contributed by atoms with Crippen LogP contribution in [-0.4, -0.2) is 24.4 Å². The van der Waals surface area contributed by atoms with Crippen molar-refractivity contribution in [3.05, 3.63) is 47.7 Å². The Balaban J connectivity index is 1.90. The minimum Gasteiger partial charge on any atom is -0.306 e. The smallest absolute Gasteiger partial charge is 0.137 e. The zero-order chi connectivity index (χ0) is 12.5. The third-order valence-corrected chi connectivity index (χ3v) is 2.97. The summed E-state index contributed by atoms with van der Waals surface area (Å²) in [7, 11) is 0. The molecule has 0 bridgehead atoms. The van der Waals surface area contributed by atoms with E-state index >= 15 is 0 Å². The van der Waals surface area contributed by atoms with E-state index in [1.807, 2.05) is 28.9 Å². The molecule has 0 aromatic carbocycles. The SMILES string of the molecule is Cc1ccc2nc(Cn3cc(CCl)nn3)cn2c1. The van der Waals surface area contributed by atoms with Gasteiger partial charge in [0.2, 0.25) is 0 Å². The first-order valence-electron chi connectivity index (χ1n) is 5.64. The molecule has 0 N–H and O–H groups in total. The summed E-state index contributed by atoms with van der Waals surface area (Å²) < 4.78 is 3.76. The van der Waals surface area contributed by atoms with Gasteiger partial charge in [0.05, 0.1) is 30.0 Å². The van der Waals surface area contributed by atoms with E-state index in [1.54, 1.807) is 4.68 Å². The number of alkyl halides is 1. The van der Waals surface area contributed by atoms with Gasteiger partial charge in [0.25, 0.3) is 0 Å². The predicted octanol–water partition coefficient (Wildman–Crippen LogP) is 2.02. The maximum atomic E-state index is 5.69. The van der Waals surface area contributed by atoms with Gasteiger partial charge in [0.1, 0.15) is 5.65 Å². The fourth-order valence-corrected chi connectivity index (χ4v) is 2.00. The average Bonchev–Trinajstić information content (AvgIpc) is 2.95. The van der Waals surface area contributed by atoms with E-state index in [0.29, 0.717) is 12.4 Å². The minimum atomic E-state index is 0.379. The second-order valence-electron chi connectivity index (χ2n) is 4.25. The normalized spacial score (nSPS) is 11.2. The van der Waals surface area contributed by atoms with E-state index in [4.69, 9.17) is 11.6 Å². The second kappa shape index (κ2) is 4.42. The van der Waals surface area contributed by atoms with Crippen molar-refractivity contribution in [3.8, 4) is 0 Å². The molecule has 0 aliphatic heterocycles. The van der Waals surface area contributed by atoms with Crippen LogP contribution in [0.5, 0.6) is 0 Å². The van der Waals surface area contributed by atoms with Crippen LogP contribution in [0.1, 0.15) is 17.0 Å². The maximum absolute atomic E-state index is 5.69. The van der Waals surface area contributed by atoms with Crippen molar-refractivity contribution in [1.29, 1.82) is 0 Å². The summed E-state index contributed by atoms with van der Waals surface area (Å²) >= 11 is 5.69. The molecule has 6 heteroatoms. The Hall–Kier alpha value is -1.88. The van der Waals surface area contributed by atoms with Gasteiger partial charge < -0.3 is 4.40 Å². The number of rotatable bonds is 3. The second-order valence-corrected chi connectivity index (χ2v) is 4.51. The average molecular weight is 262 g/mol. The molecule has 0 aliphatic carbocycles. The van der Waals surface area contributed by atoms with Crippen molar-refractivity contribution in [2.24, 2.45) is 0 Å². The van der Waals surface area contributed by atoms with Crippen LogP contribution >= 0.6 is 11.6 Å². The Bertz CT molecular complexity index is 685. The predicted molar refractivity (Wildman–Crippen MR) is 68.6 cm³/mol. The van der Waals surface area contributed by atoms with Gasteiger partial charge >= 0.3 is 0 Å². The molecule has 0 unspecified atom stereocenters. The summed E-state index contributed by atoms with van der Waals surface area (Å²) in [6.45, 7) is 2.66. The first-order valence-corrected chi connectivity index (χ1v) is 6.17.